The Labute approximate surface area is 119 Å². The van der Waals surface area contributed by atoms with E-state index in [1.165, 1.54) is 31.4 Å². The van der Waals surface area contributed by atoms with Crippen LogP contribution in [0.2, 0.25) is 5.15 Å². The van der Waals surface area contributed by atoms with Gasteiger partial charge in [0, 0.05) is 13.2 Å². The third-order valence-electron chi connectivity index (χ3n) is 2.29. The van der Waals surface area contributed by atoms with Crippen LogP contribution in [0.15, 0.2) is 24.3 Å². The average molecular weight is 294 g/mol. The van der Waals surface area contributed by atoms with E-state index in [0.29, 0.717) is 5.82 Å². The quantitative estimate of drug-likeness (QED) is 0.810. The van der Waals surface area contributed by atoms with E-state index in [9.17, 15) is 4.39 Å². The van der Waals surface area contributed by atoms with Crippen molar-refractivity contribution in [2.45, 2.75) is 6.61 Å². The van der Waals surface area contributed by atoms with Crippen molar-refractivity contribution in [3.63, 3.8) is 0 Å². The molecular formula is C13H9ClFN3O2. The molecular weight excluding hydrogens is 285 g/mol. The molecule has 2 aromatic rings. The van der Waals surface area contributed by atoms with Crippen molar-refractivity contribution in [1.29, 1.82) is 5.26 Å². The molecule has 0 atom stereocenters. The molecule has 0 spiro atoms. The average Bonchev–Trinajstić information content (AvgIpc) is 2.38. The third-order valence-corrected chi connectivity index (χ3v) is 2.49. The van der Waals surface area contributed by atoms with Crippen LogP contribution in [0, 0.1) is 17.1 Å². The van der Waals surface area contributed by atoms with Crippen LogP contribution in [0.4, 0.5) is 4.39 Å². The summed E-state index contributed by atoms with van der Waals surface area (Å²) in [5, 5.41) is 9.09. The Hall–Kier alpha value is -2.23. The van der Waals surface area contributed by atoms with Gasteiger partial charge in [0.15, 0.2) is 5.82 Å². The SMILES string of the molecule is COCc1nc(Cl)cc(Oc2cccc(F)c2C#N)n1. The van der Waals surface area contributed by atoms with Crippen LogP contribution in [0.3, 0.4) is 0 Å². The van der Waals surface area contributed by atoms with Crippen molar-refractivity contribution < 1.29 is 13.9 Å². The topological polar surface area (TPSA) is 68.0 Å². The van der Waals surface area contributed by atoms with Gasteiger partial charge in [-0.3, -0.25) is 0 Å². The lowest BCUT2D eigenvalue weighted by Crippen LogP contribution is -2.00. The molecule has 20 heavy (non-hydrogen) atoms. The molecule has 1 aromatic heterocycles. The zero-order chi connectivity index (χ0) is 14.5. The van der Waals surface area contributed by atoms with Crippen LogP contribution in [-0.2, 0) is 11.3 Å². The second-order valence-electron chi connectivity index (χ2n) is 3.70. The molecule has 102 valence electrons. The van der Waals surface area contributed by atoms with Crippen LogP contribution >= 0.6 is 11.6 Å². The van der Waals surface area contributed by atoms with Gasteiger partial charge in [-0.25, -0.2) is 9.37 Å². The molecule has 0 bridgehead atoms. The summed E-state index contributed by atoms with van der Waals surface area (Å²) < 4.78 is 23.7. The van der Waals surface area contributed by atoms with Gasteiger partial charge < -0.3 is 9.47 Å². The van der Waals surface area contributed by atoms with Gasteiger partial charge in [0.2, 0.25) is 5.88 Å². The van der Waals surface area contributed by atoms with Gasteiger partial charge >= 0.3 is 0 Å². The molecule has 0 aliphatic heterocycles. The van der Waals surface area contributed by atoms with Gasteiger partial charge in [-0.1, -0.05) is 17.7 Å². The summed E-state index contributed by atoms with van der Waals surface area (Å²) in [6.07, 6.45) is 0. The molecule has 0 fully saturated rings. The van der Waals surface area contributed by atoms with Crippen molar-refractivity contribution in [1.82, 2.24) is 9.97 Å². The first kappa shape index (κ1) is 14.2. The van der Waals surface area contributed by atoms with E-state index in [-0.39, 0.29) is 29.0 Å². The maximum absolute atomic E-state index is 13.5. The first-order chi connectivity index (χ1) is 9.63. The number of benzene rings is 1. The number of rotatable bonds is 4. The van der Waals surface area contributed by atoms with E-state index >= 15 is 0 Å². The summed E-state index contributed by atoms with van der Waals surface area (Å²) in [6, 6.07) is 7.18. The zero-order valence-electron chi connectivity index (χ0n) is 10.4. The Balaban J connectivity index is 2.35. The van der Waals surface area contributed by atoms with Crippen molar-refractivity contribution in [2.75, 3.05) is 7.11 Å². The predicted molar refractivity (Wildman–Crippen MR) is 68.9 cm³/mol. The summed E-state index contributed by atoms with van der Waals surface area (Å²) in [4.78, 5) is 7.98. The highest BCUT2D eigenvalue weighted by molar-refractivity contribution is 6.29. The Morgan fingerprint density at radius 3 is 2.90 bits per heavy atom. The minimum atomic E-state index is -0.665. The fourth-order valence-corrected chi connectivity index (χ4v) is 1.69. The van der Waals surface area contributed by atoms with E-state index in [4.69, 9.17) is 26.3 Å². The van der Waals surface area contributed by atoms with Crippen LogP contribution in [0.25, 0.3) is 0 Å². The van der Waals surface area contributed by atoms with Crippen LogP contribution in [-0.4, -0.2) is 17.1 Å². The highest BCUT2D eigenvalue weighted by Crippen LogP contribution is 2.26. The van der Waals surface area contributed by atoms with Gasteiger partial charge in [0.1, 0.15) is 35.0 Å². The van der Waals surface area contributed by atoms with Gasteiger partial charge in [-0.15, -0.1) is 0 Å². The summed E-state index contributed by atoms with van der Waals surface area (Å²) in [6.45, 7) is 0.158. The smallest absolute Gasteiger partial charge is 0.224 e. The Kier molecular flexibility index (Phi) is 4.45. The fraction of sp³-hybridized carbons (Fsp3) is 0.154. The van der Waals surface area contributed by atoms with E-state index in [2.05, 4.69) is 9.97 Å². The molecule has 0 aliphatic carbocycles. The number of hydrogen-bond donors (Lipinski definition) is 0. The molecule has 0 N–H and O–H groups in total. The van der Waals surface area contributed by atoms with E-state index < -0.39 is 5.82 Å². The number of aromatic nitrogens is 2. The number of halogens is 2. The summed E-state index contributed by atoms with van der Waals surface area (Å²) in [5.74, 6) is -0.169. The van der Waals surface area contributed by atoms with Gasteiger partial charge in [-0.2, -0.15) is 10.2 Å². The Bertz CT molecular complexity index is 673. The summed E-state index contributed by atoms with van der Waals surface area (Å²) in [7, 11) is 1.49. The summed E-state index contributed by atoms with van der Waals surface area (Å²) in [5.41, 5.74) is -0.199. The third kappa shape index (κ3) is 3.20. The molecule has 0 aliphatic rings. The minimum absolute atomic E-state index is 0.0608. The number of ether oxygens (including phenoxy) is 2. The fourth-order valence-electron chi connectivity index (χ4n) is 1.50. The molecule has 0 saturated carbocycles. The molecule has 7 heteroatoms. The van der Waals surface area contributed by atoms with Crippen molar-refractivity contribution in [3.05, 3.63) is 46.6 Å². The molecule has 0 amide bonds. The van der Waals surface area contributed by atoms with Crippen LogP contribution < -0.4 is 4.74 Å². The number of methoxy groups -OCH3 is 1. The lowest BCUT2D eigenvalue weighted by molar-refractivity contribution is 0.177. The second-order valence-corrected chi connectivity index (χ2v) is 4.09. The largest absolute Gasteiger partial charge is 0.437 e. The first-order valence-corrected chi connectivity index (χ1v) is 5.90. The van der Waals surface area contributed by atoms with Crippen molar-refractivity contribution >= 4 is 11.6 Å². The Morgan fingerprint density at radius 2 is 2.20 bits per heavy atom. The van der Waals surface area contributed by atoms with Crippen LogP contribution in [0.1, 0.15) is 11.4 Å². The summed E-state index contributed by atoms with van der Waals surface area (Å²) >= 11 is 5.83. The lowest BCUT2D eigenvalue weighted by atomic mass is 10.2. The molecule has 1 heterocycles. The van der Waals surface area contributed by atoms with Gasteiger partial charge in [-0.05, 0) is 12.1 Å². The van der Waals surface area contributed by atoms with Crippen molar-refractivity contribution in [2.24, 2.45) is 0 Å². The normalized spacial score (nSPS) is 10.1. The maximum Gasteiger partial charge on any atom is 0.224 e. The van der Waals surface area contributed by atoms with E-state index in [1.807, 2.05) is 0 Å². The molecule has 0 saturated heterocycles. The lowest BCUT2D eigenvalue weighted by Gasteiger charge is -2.08. The number of nitriles is 1. The second kappa shape index (κ2) is 6.28. The highest BCUT2D eigenvalue weighted by Gasteiger charge is 2.12. The molecule has 1 aromatic carbocycles. The van der Waals surface area contributed by atoms with E-state index in [0.717, 1.165) is 0 Å². The molecule has 0 radical (unpaired) electrons. The molecule has 0 unspecified atom stereocenters. The molecule has 2 rings (SSSR count). The predicted octanol–water partition coefficient (Wildman–Crippen LogP) is 3.08. The van der Waals surface area contributed by atoms with E-state index in [1.54, 1.807) is 6.07 Å². The monoisotopic (exact) mass is 293 g/mol. The molecule has 5 nitrogen and oxygen atoms in total. The van der Waals surface area contributed by atoms with Crippen molar-refractivity contribution in [3.8, 4) is 17.7 Å². The standard InChI is InChI=1S/C13H9ClFN3O2/c1-19-7-12-17-11(14)5-13(18-12)20-10-4-2-3-9(15)8(10)6-16/h2-5H,7H2,1H3. The highest BCUT2D eigenvalue weighted by atomic mass is 35.5. The maximum atomic E-state index is 13.5. The zero-order valence-corrected chi connectivity index (χ0v) is 11.2. The van der Waals surface area contributed by atoms with Gasteiger partial charge in [0.05, 0.1) is 0 Å². The Morgan fingerprint density at radius 1 is 1.40 bits per heavy atom. The van der Waals surface area contributed by atoms with Crippen LogP contribution in [0.5, 0.6) is 11.6 Å². The first-order valence-electron chi connectivity index (χ1n) is 5.53. The minimum Gasteiger partial charge on any atom is -0.437 e. The van der Waals surface area contributed by atoms with Gasteiger partial charge in [0.25, 0.3) is 0 Å². The number of nitrogens with zero attached hydrogens (tertiary/aromatic N) is 3. The number of hydrogen-bond acceptors (Lipinski definition) is 5.